The smallest absolute Gasteiger partial charge is 0.0305 e. The molecule has 0 unspecified atom stereocenters. The molecule has 0 spiro atoms. The summed E-state index contributed by atoms with van der Waals surface area (Å²) in [4.78, 5) is 0. The van der Waals surface area contributed by atoms with E-state index in [4.69, 9.17) is 0 Å². The standard InChI is InChI=1S/C18H19Br2N/c1-12(15-6-2-4-8-17(15)19)21-14-10-13(11-14)16-7-3-5-9-18(16)20/h2-9,12-14,21H,10-11H2,1H3/t12-,13?,14?/m1/s1. The van der Waals surface area contributed by atoms with Gasteiger partial charge in [-0.2, -0.15) is 0 Å². The predicted octanol–water partition coefficient (Wildman–Crippen LogP) is 5.81. The van der Waals surface area contributed by atoms with Gasteiger partial charge in [0.1, 0.15) is 0 Å². The Morgan fingerprint density at radius 1 is 0.952 bits per heavy atom. The molecule has 1 aliphatic carbocycles. The van der Waals surface area contributed by atoms with Gasteiger partial charge in [0.05, 0.1) is 0 Å². The summed E-state index contributed by atoms with van der Waals surface area (Å²) in [5, 5.41) is 3.75. The largest absolute Gasteiger partial charge is 0.307 e. The molecule has 0 radical (unpaired) electrons. The van der Waals surface area contributed by atoms with Crippen LogP contribution in [0.1, 0.15) is 42.9 Å². The van der Waals surface area contributed by atoms with E-state index in [1.54, 1.807) is 0 Å². The minimum Gasteiger partial charge on any atom is -0.307 e. The van der Waals surface area contributed by atoms with Crippen LogP contribution in [-0.2, 0) is 0 Å². The third-order valence-electron chi connectivity index (χ3n) is 4.34. The molecule has 0 aromatic heterocycles. The fraction of sp³-hybridized carbons (Fsp3) is 0.333. The molecule has 2 aromatic rings. The van der Waals surface area contributed by atoms with Crippen LogP contribution in [0.25, 0.3) is 0 Å². The topological polar surface area (TPSA) is 12.0 Å². The Bertz CT molecular complexity index is 620. The fourth-order valence-electron chi connectivity index (χ4n) is 3.08. The lowest BCUT2D eigenvalue weighted by molar-refractivity contribution is 0.270. The van der Waals surface area contributed by atoms with Crippen molar-refractivity contribution in [1.82, 2.24) is 5.32 Å². The maximum Gasteiger partial charge on any atom is 0.0305 e. The van der Waals surface area contributed by atoms with E-state index in [1.807, 2.05) is 0 Å². The Balaban J connectivity index is 1.58. The van der Waals surface area contributed by atoms with Crippen molar-refractivity contribution >= 4 is 31.9 Å². The molecule has 1 aliphatic rings. The Morgan fingerprint density at radius 2 is 1.57 bits per heavy atom. The van der Waals surface area contributed by atoms with E-state index in [9.17, 15) is 0 Å². The molecule has 0 amide bonds. The molecular formula is C18H19Br2N. The van der Waals surface area contributed by atoms with Gasteiger partial charge in [-0.1, -0.05) is 68.3 Å². The van der Waals surface area contributed by atoms with Crippen LogP contribution in [0.2, 0.25) is 0 Å². The second-order valence-electron chi connectivity index (χ2n) is 5.80. The van der Waals surface area contributed by atoms with E-state index in [-0.39, 0.29) is 0 Å². The van der Waals surface area contributed by atoms with Crippen molar-refractivity contribution in [2.75, 3.05) is 0 Å². The quantitative estimate of drug-likeness (QED) is 0.673. The van der Waals surface area contributed by atoms with E-state index in [0.29, 0.717) is 18.0 Å². The first kappa shape index (κ1) is 15.3. The molecule has 1 saturated carbocycles. The van der Waals surface area contributed by atoms with Gasteiger partial charge in [0, 0.05) is 21.0 Å². The molecule has 110 valence electrons. The molecule has 0 heterocycles. The van der Waals surface area contributed by atoms with E-state index in [2.05, 4.69) is 92.6 Å². The summed E-state index contributed by atoms with van der Waals surface area (Å²) in [6, 6.07) is 18.0. The van der Waals surface area contributed by atoms with Gasteiger partial charge in [0.25, 0.3) is 0 Å². The SMILES string of the molecule is C[C@@H](NC1CC(c2ccccc2Br)C1)c1ccccc1Br. The lowest BCUT2D eigenvalue weighted by Gasteiger charge is -2.38. The number of benzene rings is 2. The second-order valence-corrected chi connectivity index (χ2v) is 7.51. The molecule has 0 bridgehead atoms. The molecule has 1 atom stereocenters. The van der Waals surface area contributed by atoms with Crippen LogP contribution in [0, 0.1) is 0 Å². The Labute approximate surface area is 143 Å². The first-order valence-corrected chi connectivity index (χ1v) is 8.98. The van der Waals surface area contributed by atoms with Crippen LogP contribution >= 0.6 is 31.9 Å². The van der Waals surface area contributed by atoms with Crippen LogP contribution in [0.15, 0.2) is 57.5 Å². The zero-order valence-corrected chi connectivity index (χ0v) is 15.2. The number of hydrogen-bond acceptors (Lipinski definition) is 1. The number of halogens is 2. The third kappa shape index (κ3) is 3.41. The first-order valence-electron chi connectivity index (χ1n) is 7.40. The zero-order valence-electron chi connectivity index (χ0n) is 12.0. The van der Waals surface area contributed by atoms with Crippen molar-refractivity contribution in [1.29, 1.82) is 0 Å². The Kier molecular flexibility index (Phi) is 4.82. The van der Waals surface area contributed by atoms with Crippen molar-refractivity contribution in [2.24, 2.45) is 0 Å². The van der Waals surface area contributed by atoms with Crippen LogP contribution in [0.4, 0.5) is 0 Å². The minimum atomic E-state index is 0.380. The molecule has 2 aromatic carbocycles. The molecule has 3 rings (SSSR count). The van der Waals surface area contributed by atoms with E-state index < -0.39 is 0 Å². The van der Waals surface area contributed by atoms with Crippen molar-refractivity contribution in [2.45, 2.75) is 37.8 Å². The summed E-state index contributed by atoms with van der Waals surface area (Å²) in [5.41, 5.74) is 2.78. The van der Waals surface area contributed by atoms with E-state index in [0.717, 1.165) is 0 Å². The summed E-state index contributed by atoms with van der Waals surface area (Å²) in [5.74, 6) is 0.685. The van der Waals surface area contributed by atoms with Gasteiger partial charge in [-0.05, 0) is 48.9 Å². The van der Waals surface area contributed by atoms with Crippen molar-refractivity contribution in [3.05, 3.63) is 68.6 Å². The molecular weight excluding hydrogens is 390 g/mol. The van der Waals surface area contributed by atoms with Crippen LogP contribution in [0.3, 0.4) is 0 Å². The summed E-state index contributed by atoms with van der Waals surface area (Å²) >= 11 is 7.30. The van der Waals surface area contributed by atoms with Crippen molar-refractivity contribution in [3.8, 4) is 0 Å². The number of nitrogens with one attached hydrogen (secondary N) is 1. The molecule has 1 N–H and O–H groups in total. The fourth-order valence-corrected chi connectivity index (χ4v) is 4.32. The summed E-state index contributed by atoms with van der Waals surface area (Å²) in [7, 11) is 0. The second kappa shape index (κ2) is 6.64. The van der Waals surface area contributed by atoms with Crippen LogP contribution in [-0.4, -0.2) is 6.04 Å². The van der Waals surface area contributed by atoms with Gasteiger partial charge >= 0.3 is 0 Å². The average Bonchev–Trinajstić information content (AvgIpc) is 2.44. The Morgan fingerprint density at radius 3 is 2.24 bits per heavy atom. The van der Waals surface area contributed by atoms with Gasteiger partial charge in [0.2, 0.25) is 0 Å². The van der Waals surface area contributed by atoms with Gasteiger partial charge in [-0.25, -0.2) is 0 Å². The van der Waals surface area contributed by atoms with Gasteiger partial charge < -0.3 is 5.32 Å². The van der Waals surface area contributed by atoms with Gasteiger partial charge in [-0.3, -0.25) is 0 Å². The third-order valence-corrected chi connectivity index (χ3v) is 5.78. The molecule has 0 aliphatic heterocycles. The highest BCUT2D eigenvalue weighted by Crippen LogP contribution is 2.41. The van der Waals surface area contributed by atoms with Crippen LogP contribution < -0.4 is 5.32 Å². The predicted molar refractivity (Wildman–Crippen MR) is 95.6 cm³/mol. The summed E-state index contributed by atoms with van der Waals surface area (Å²) in [6.45, 7) is 2.24. The molecule has 21 heavy (non-hydrogen) atoms. The highest BCUT2D eigenvalue weighted by molar-refractivity contribution is 9.10. The van der Waals surface area contributed by atoms with Gasteiger partial charge in [-0.15, -0.1) is 0 Å². The monoisotopic (exact) mass is 407 g/mol. The normalized spacial score (nSPS) is 22.6. The van der Waals surface area contributed by atoms with Crippen molar-refractivity contribution in [3.63, 3.8) is 0 Å². The highest BCUT2D eigenvalue weighted by atomic mass is 79.9. The molecule has 3 heteroatoms. The molecule has 0 saturated heterocycles. The van der Waals surface area contributed by atoms with Crippen molar-refractivity contribution < 1.29 is 0 Å². The summed E-state index contributed by atoms with van der Waals surface area (Å²) in [6.07, 6.45) is 2.44. The highest BCUT2D eigenvalue weighted by Gasteiger charge is 2.32. The van der Waals surface area contributed by atoms with Gasteiger partial charge in [0.15, 0.2) is 0 Å². The minimum absolute atomic E-state index is 0.380. The lowest BCUT2D eigenvalue weighted by Crippen LogP contribution is -2.41. The lowest BCUT2D eigenvalue weighted by atomic mass is 9.75. The maximum absolute atomic E-state index is 3.75. The zero-order chi connectivity index (χ0) is 14.8. The number of hydrogen-bond donors (Lipinski definition) is 1. The first-order chi connectivity index (χ1) is 10.1. The maximum atomic E-state index is 3.75. The van der Waals surface area contributed by atoms with E-state index in [1.165, 1.54) is 32.9 Å². The molecule has 1 nitrogen and oxygen atoms in total. The Hall–Kier alpha value is -0.640. The van der Waals surface area contributed by atoms with E-state index >= 15 is 0 Å². The molecule has 1 fully saturated rings. The number of rotatable bonds is 4. The average molecular weight is 409 g/mol. The summed E-state index contributed by atoms with van der Waals surface area (Å²) < 4.78 is 2.43. The van der Waals surface area contributed by atoms with Crippen LogP contribution in [0.5, 0.6) is 0 Å².